The van der Waals surface area contributed by atoms with Crippen molar-refractivity contribution in [2.24, 2.45) is 0 Å². The molecule has 0 unspecified atom stereocenters. The maximum Gasteiger partial charge on any atom is 0.407 e. The molecule has 1 amide bonds. The summed E-state index contributed by atoms with van der Waals surface area (Å²) in [6.45, 7) is 2.92. The smallest absolute Gasteiger partial charge is 0.407 e. The predicted molar refractivity (Wildman–Crippen MR) is 97.2 cm³/mol. The average Bonchev–Trinajstić information content (AvgIpc) is 2.56. The first-order valence-corrected chi connectivity index (χ1v) is 8.31. The summed E-state index contributed by atoms with van der Waals surface area (Å²) in [4.78, 5) is 11.6. The van der Waals surface area contributed by atoms with E-state index in [1.54, 1.807) is 0 Å². The topological polar surface area (TPSA) is 38.3 Å². The van der Waals surface area contributed by atoms with Crippen LogP contribution in [0.25, 0.3) is 6.08 Å². The van der Waals surface area contributed by atoms with E-state index < -0.39 is 0 Å². The molecule has 0 saturated heterocycles. The van der Waals surface area contributed by atoms with Gasteiger partial charge >= 0.3 is 6.09 Å². The van der Waals surface area contributed by atoms with E-state index in [1.807, 2.05) is 42.5 Å². The van der Waals surface area contributed by atoms with Crippen molar-refractivity contribution in [2.75, 3.05) is 6.54 Å². The Labute approximate surface area is 145 Å². The van der Waals surface area contributed by atoms with E-state index in [0.717, 1.165) is 16.5 Å². The van der Waals surface area contributed by atoms with Gasteiger partial charge in [-0.3, -0.25) is 0 Å². The van der Waals surface area contributed by atoms with E-state index in [1.165, 1.54) is 11.1 Å². The van der Waals surface area contributed by atoms with Crippen LogP contribution >= 0.6 is 15.9 Å². The number of rotatable bonds is 6. The first kappa shape index (κ1) is 17.3. The highest BCUT2D eigenvalue weighted by molar-refractivity contribution is 9.10. The van der Waals surface area contributed by atoms with Gasteiger partial charge in [0.2, 0.25) is 0 Å². The fourth-order valence-corrected chi connectivity index (χ4v) is 2.41. The lowest BCUT2D eigenvalue weighted by molar-refractivity contribution is 0.140. The Morgan fingerprint density at radius 3 is 2.78 bits per heavy atom. The van der Waals surface area contributed by atoms with Crippen molar-refractivity contribution >= 4 is 28.1 Å². The number of carbonyl (C=O) groups is 1. The number of alkyl carbamates (subject to hydrolysis) is 1. The predicted octanol–water partition coefficient (Wildman–Crippen LogP) is 5.09. The quantitative estimate of drug-likeness (QED) is 0.716. The van der Waals surface area contributed by atoms with E-state index in [2.05, 4.69) is 46.4 Å². The Balaban J connectivity index is 1.67. The summed E-state index contributed by atoms with van der Waals surface area (Å²) in [5.74, 6) is 0. The van der Waals surface area contributed by atoms with Gasteiger partial charge in [-0.25, -0.2) is 4.79 Å². The molecule has 1 N–H and O–H groups in total. The van der Waals surface area contributed by atoms with Crippen LogP contribution in [-0.4, -0.2) is 12.6 Å². The van der Waals surface area contributed by atoms with Gasteiger partial charge in [0, 0.05) is 11.0 Å². The van der Waals surface area contributed by atoms with Crippen LogP contribution in [0.15, 0.2) is 59.1 Å². The minimum atomic E-state index is -0.388. The number of amides is 1. The molecule has 0 aliphatic carbocycles. The summed E-state index contributed by atoms with van der Waals surface area (Å²) in [6.07, 6.45) is 4.48. The molecule has 0 aliphatic rings. The lowest BCUT2D eigenvalue weighted by Crippen LogP contribution is -2.24. The number of ether oxygens (including phenoxy) is 1. The van der Waals surface area contributed by atoms with Crippen LogP contribution in [0.5, 0.6) is 0 Å². The van der Waals surface area contributed by atoms with Crippen LogP contribution in [0.4, 0.5) is 4.79 Å². The SMILES string of the molecule is Cc1ccc(Br)cc1C=CCCNC(=O)OCc1ccccc1. The third-order valence-corrected chi connectivity index (χ3v) is 3.83. The largest absolute Gasteiger partial charge is 0.445 e. The summed E-state index contributed by atoms with van der Waals surface area (Å²) >= 11 is 3.47. The molecule has 0 heterocycles. The van der Waals surface area contributed by atoms with Gasteiger partial charge in [-0.15, -0.1) is 0 Å². The highest BCUT2D eigenvalue weighted by Crippen LogP contribution is 2.17. The van der Waals surface area contributed by atoms with Gasteiger partial charge in [0.05, 0.1) is 0 Å². The van der Waals surface area contributed by atoms with Gasteiger partial charge in [-0.05, 0) is 42.2 Å². The average molecular weight is 374 g/mol. The van der Waals surface area contributed by atoms with Gasteiger partial charge < -0.3 is 10.1 Å². The second kappa shape index (κ2) is 9.16. The number of nitrogens with one attached hydrogen (secondary N) is 1. The number of benzene rings is 2. The molecule has 2 aromatic carbocycles. The normalized spacial score (nSPS) is 10.7. The zero-order chi connectivity index (χ0) is 16.5. The number of halogens is 1. The Morgan fingerprint density at radius 1 is 1.22 bits per heavy atom. The summed E-state index contributed by atoms with van der Waals surface area (Å²) in [6, 6.07) is 15.8. The fourth-order valence-electron chi connectivity index (χ4n) is 2.03. The first-order chi connectivity index (χ1) is 11.1. The minimum Gasteiger partial charge on any atom is -0.445 e. The minimum absolute atomic E-state index is 0.291. The molecule has 2 rings (SSSR count). The molecular weight excluding hydrogens is 354 g/mol. The van der Waals surface area contributed by atoms with Gasteiger partial charge in [0.25, 0.3) is 0 Å². The second-order valence-corrected chi connectivity index (χ2v) is 6.10. The summed E-state index contributed by atoms with van der Waals surface area (Å²) in [5, 5.41) is 2.74. The summed E-state index contributed by atoms with van der Waals surface area (Å²) < 4.78 is 6.21. The molecule has 0 aromatic heterocycles. The zero-order valence-electron chi connectivity index (χ0n) is 13.1. The van der Waals surface area contributed by atoms with Crippen LogP contribution in [0.3, 0.4) is 0 Å². The van der Waals surface area contributed by atoms with Crippen LogP contribution in [0.1, 0.15) is 23.1 Å². The number of hydrogen-bond donors (Lipinski definition) is 1. The van der Waals surface area contributed by atoms with E-state index in [-0.39, 0.29) is 6.09 Å². The number of aryl methyl sites for hydroxylation is 1. The lowest BCUT2D eigenvalue weighted by atomic mass is 10.1. The highest BCUT2D eigenvalue weighted by Gasteiger charge is 2.01. The van der Waals surface area contributed by atoms with Crippen molar-refractivity contribution in [3.05, 3.63) is 75.8 Å². The highest BCUT2D eigenvalue weighted by atomic mass is 79.9. The van der Waals surface area contributed by atoms with Crippen molar-refractivity contribution in [1.29, 1.82) is 0 Å². The van der Waals surface area contributed by atoms with Crippen molar-refractivity contribution in [3.63, 3.8) is 0 Å². The van der Waals surface area contributed by atoms with E-state index in [4.69, 9.17) is 4.74 Å². The molecule has 0 fully saturated rings. The van der Waals surface area contributed by atoms with Crippen LogP contribution in [0.2, 0.25) is 0 Å². The molecule has 4 heteroatoms. The fraction of sp³-hybridized carbons (Fsp3) is 0.211. The monoisotopic (exact) mass is 373 g/mol. The third kappa shape index (κ3) is 6.28. The molecule has 0 atom stereocenters. The maximum absolute atomic E-state index is 11.6. The molecule has 2 aromatic rings. The standard InChI is InChI=1S/C19H20BrNO2/c1-15-10-11-18(20)13-17(15)9-5-6-12-21-19(22)23-14-16-7-3-2-4-8-16/h2-5,7-11,13H,6,12,14H2,1H3,(H,21,22). The van der Waals surface area contributed by atoms with Crippen molar-refractivity contribution in [2.45, 2.75) is 20.0 Å². The van der Waals surface area contributed by atoms with E-state index in [9.17, 15) is 4.79 Å². The lowest BCUT2D eigenvalue weighted by Gasteiger charge is -2.06. The Hall–Kier alpha value is -2.07. The molecule has 23 heavy (non-hydrogen) atoms. The molecule has 0 bridgehead atoms. The first-order valence-electron chi connectivity index (χ1n) is 7.52. The molecule has 120 valence electrons. The molecule has 0 radical (unpaired) electrons. The van der Waals surface area contributed by atoms with Gasteiger partial charge in [0.1, 0.15) is 6.61 Å². The van der Waals surface area contributed by atoms with Crippen molar-refractivity contribution < 1.29 is 9.53 Å². The van der Waals surface area contributed by atoms with Crippen LogP contribution < -0.4 is 5.32 Å². The van der Waals surface area contributed by atoms with E-state index in [0.29, 0.717) is 13.2 Å². The van der Waals surface area contributed by atoms with Crippen molar-refractivity contribution in [1.82, 2.24) is 5.32 Å². The molecule has 0 aliphatic heterocycles. The third-order valence-electron chi connectivity index (χ3n) is 3.33. The molecule has 0 saturated carbocycles. The molecular formula is C19H20BrNO2. The van der Waals surface area contributed by atoms with Crippen molar-refractivity contribution in [3.8, 4) is 0 Å². The maximum atomic E-state index is 11.6. The Bertz CT molecular complexity index is 668. The Kier molecular flexibility index (Phi) is 6.88. The van der Waals surface area contributed by atoms with Gasteiger partial charge in [-0.1, -0.05) is 64.5 Å². The summed E-state index contributed by atoms with van der Waals surface area (Å²) in [5.41, 5.74) is 3.37. The summed E-state index contributed by atoms with van der Waals surface area (Å²) in [7, 11) is 0. The Morgan fingerprint density at radius 2 is 2.00 bits per heavy atom. The second-order valence-electron chi connectivity index (χ2n) is 5.18. The molecule has 0 spiro atoms. The van der Waals surface area contributed by atoms with E-state index >= 15 is 0 Å². The molecule has 3 nitrogen and oxygen atoms in total. The van der Waals surface area contributed by atoms with Gasteiger partial charge in [0.15, 0.2) is 0 Å². The zero-order valence-corrected chi connectivity index (χ0v) is 14.7. The number of hydrogen-bond acceptors (Lipinski definition) is 2. The van der Waals surface area contributed by atoms with Crippen LogP contribution in [-0.2, 0) is 11.3 Å². The van der Waals surface area contributed by atoms with Crippen LogP contribution in [0, 0.1) is 6.92 Å². The number of carbonyl (C=O) groups excluding carboxylic acids is 1. The van der Waals surface area contributed by atoms with Gasteiger partial charge in [-0.2, -0.15) is 0 Å².